The Labute approximate surface area is 120 Å². The number of benzene rings is 2. The predicted molar refractivity (Wildman–Crippen MR) is 76.3 cm³/mol. The van der Waals surface area contributed by atoms with Gasteiger partial charge in [-0.3, -0.25) is 0 Å². The second-order valence-corrected chi connectivity index (χ2v) is 5.31. The van der Waals surface area contributed by atoms with Gasteiger partial charge in [0.1, 0.15) is 22.8 Å². The summed E-state index contributed by atoms with van der Waals surface area (Å²) in [6, 6.07) is 12.8. The first kappa shape index (κ1) is 13.2. The molecule has 0 bridgehead atoms. The van der Waals surface area contributed by atoms with Crippen LogP contribution in [0.3, 0.4) is 0 Å². The Morgan fingerprint density at radius 1 is 1.10 bits per heavy atom. The van der Waals surface area contributed by atoms with Gasteiger partial charge in [-0.2, -0.15) is 0 Å². The summed E-state index contributed by atoms with van der Waals surface area (Å²) in [5.41, 5.74) is -0.114. The van der Waals surface area contributed by atoms with Gasteiger partial charge in [-0.05, 0) is 48.9 Å². The van der Waals surface area contributed by atoms with Gasteiger partial charge in [-0.1, -0.05) is 23.7 Å². The topological polar surface area (TPSA) is 33.4 Å². The molecule has 0 fully saturated rings. The van der Waals surface area contributed by atoms with Crippen molar-refractivity contribution in [3.05, 3.63) is 70.7 Å². The number of furan rings is 1. The lowest BCUT2D eigenvalue weighted by atomic mass is 9.93. The molecule has 4 heteroatoms. The van der Waals surface area contributed by atoms with Crippen molar-refractivity contribution in [1.82, 2.24) is 0 Å². The van der Waals surface area contributed by atoms with E-state index >= 15 is 0 Å². The minimum absolute atomic E-state index is 0.337. The monoisotopic (exact) mass is 290 g/mol. The fraction of sp³-hybridized carbons (Fsp3) is 0.125. The van der Waals surface area contributed by atoms with E-state index in [1.54, 1.807) is 43.3 Å². The summed E-state index contributed by atoms with van der Waals surface area (Å²) in [4.78, 5) is 0. The molecule has 1 heterocycles. The molecule has 0 saturated carbocycles. The van der Waals surface area contributed by atoms with Crippen molar-refractivity contribution in [3.8, 4) is 0 Å². The van der Waals surface area contributed by atoms with Crippen LogP contribution in [0.25, 0.3) is 11.0 Å². The number of hydrogen-bond donors (Lipinski definition) is 1. The molecule has 1 N–H and O–H groups in total. The predicted octanol–water partition coefficient (Wildman–Crippen LogP) is 4.48. The first-order chi connectivity index (χ1) is 9.46. The van der Waals surface area contributed by atoms with Gasteiger partial charge in [0, 0.05) is 10.4 Å². The van der Waals surface area contributed by atoms with E-state index in [1.165, 1.54) is 12.1 Å². The van der Waals surface area contributed by atoms with E-state index in [-0.39, 0.29) is 5.82 Å². The third-order valence-electron chi connectivity index (χ3n) is 3.36. The van der Waals surface area contributed by atoms with Gasteiger partial charge in [0.25, 0.3) is 0 Å². The molecule has 0 spiro atoms. The van der Waals surface area contributed by atoms with Gasteiger partial charge in [0.05, 0.1) is 0 Å². The van der Waals surface area contributed by atoms with Crippen molar-refractivity contribution in [2.75, 3.05) is 0 Å². The summed E-state index contributed by atoms with van der Waals surface area (Å²) in [5.74, 6) is 0.0245. The fourth-order valence-electron chi connectivity index (χ4n) is 2.17. The van der Waals surface area contributed by atoms with Crippen LogP contribution in [0.15, 0.2) is 52.9 Å². The van der Waals surface area contributed by atoms with Crippen LogP contribution in [0.5, 0.6) is 0 Å². The van der Waals surface area contributed by atoms with Gasteiger partial charge in [0.2, 0.25) is 0 Å². The van der Waals surface area contributed by atoms with Crippen LogP contribution >= 0.6 is 11.6 Å². The van der Waals surface area contributed by atoms with Crippen LogP contribution < -0.4 is 0 Å². The molecule has 2 aromatic carbocycles. The Bertz CT molecular complexity index is 760. The van der Waals surface area contributed by atoms with Gasteiger partial charge in [0.15, 0.2) is 0 Å². The maximum absolute atomic E-state index is 13.2. The van der Waals surface area contributed by atoms with Crippen LogP contribution in [0.2, 0.25) is 5.02 Å². The van der Waals surface area contributed by atoms with E-state index in [2.05, 4.69) is 0 Å². The fourth-order valence-corrected chi connectivity index (χ4v) is 2.30. The van der Waals surface area contributed by atoms with Crippen molar-refractivity contribution in [2.24, 2.45) is 0 Å². The number of halogens is 2. The third-order valence-corrected chi connectivity index (χ3v) is 3.62. The zero-order valence-electron chi connectivity index (χ0n) is 10.7. The zero-order valence-corrected chi connectivity index (χ0v) is 11.5. The summed E-state index contributed by atoms with van der Waals surface area (Å²) in [6.07, 6.45) is 0. The van der Waals surface area contributed by atoms with Gasteiger partial charge in [-0.25, -0.2) is 4.39 Å². The van der Waals surface area contributed by atoms with Gasteiger partial charge in [-0.15, -0.1) is 0 Å². The third kappa shape index (κ3) is 2.19. The average Bonchev–Trinajstić information content (AvgIpc) is 2.83. The molecule has 0 radical (unpaired) electrons. The average molecular weight is 291 g/mol. The summed E-state index contributed by atoms with van der Waals surface area (Å²) >= 11 is 5.84. The largest absolute Gasteiger partial charge is 0.458 e. The second-order valence-electron chi connectivity index (χ2n) is 4.87. The molecule has 3 aromatic rings. The van der Waals surface area contributed by atoms with Crippen molar-refractivity contribution in [2.45, 2.75) is 12.5 Å². The molecule has 2 nitrogen and oxygen atoms in total. The molecule has 1 atom stereocenters. The van der Waals surface area contributed by atoms with E-state index in [0.29, 0.717) is 27.3 Å². The van der Waals surface area contributed by atoms with E-state index in [1.807, 2.05) is 0 Å². The Balaban J connectivity index is 2.10. The van der Waals surface area contributed by atoms with E-state index < -0.39 is 5.60 Å². The van der Waals surface area contributed by atoms with Gasteiger partial charge < -0.3 is 9.52 Å². The smallest absolute Gasteiger partial charge is 0.144 e. The quantitative estimate of drug-likeness (QED) is 0.755. The maximum atomic E-state index is 13.2. The van der Waals surface area contributed by atoms with E-state index in [0.717, 1.165) is 0 Å². The molecule has 0 aliphatic rings. The highest BCUT2D eigenvalue weighted by Gasteiger charge is 2.29. The van der Waals surface area contributed by atoms with Crippen molar-refractivity contribution in [1.29, 1.82) is 0 Å². The first-order valence-electron chi connectivity index (χ1n) is 6.15. The molecule has 1 unspecified atom stereocenters. The lowest BCUT2D eigenvalue weighted by Crippen LogP contribution is -2.21. The second kappa shape index (κ2) is 4.62. The minimum atomic E-state index is -1.31. The molecule has 0 saturated heterocycles. The van der Waals surface area contributed by atoms with E-state index in [4.69, 9.17) is 16.0 Å². The van der Waals surface area contributed by atoms with Crippen molar-refractivity contribution >= 4 is 22.6 Å². The Hall–Kier alpha value is -1.84. The number of rotatable bonds is 2. The molecule has 3 rings (SSSR count). The van der Waals surface area contributed by atoms with Crippen LogP contribution in [-0.2, 0) is 5.60 Å². The van der Waals surface area contributed by atoms with Gasteiger partial charge >= 0.3 is 0 Å². The summed E-state index contributed by atoms with van der Waals surface area (Å²) in [6.45, 7) is 1.63. The Morgan fingerprint density at radius 3 is 2.50 bits per heavy atom. The molecule has 1 aromatic heterocycles. The molecule has 0 aliphatic carbocycles. The minimum Gasteiger partial charge on any atom is -0.458 e. The number of fused-ring (bicyclic) bond motifs is 1. The molecule has 0 aliphatic heterocycles. The first-order valence-corrected chi connectivity index (χ1v) is 6.52. The molecule has 20 heavy (non-hydrogen) atoms. The normalized spacial score (nSPS) is 14.4. The Kier molecular flexibility index (Phi) is 3.04. The molecular weight excluding hydrogens is 279 g/mol. The highest BCUT2D eigenvalue weighted by atomic mass is 35.5. The Morgan fingerprint density at radius 2 is 1.80 bits per heavy atom. The van der Waals surface area contributed by atoms with Crippen molar-refractivity contribution < 1.29 is 13.9 Å². The summed E-state index contributed by atoms with van der Waals surface area (Å²) < 4.78 is 18.8. The molecular formula is C16H12ClFO2. The maximum Gasteiger partial charge on any atom is 0.144 e. The zero-order chi connectivity index (χ0) is 14.3. The lowest BCUT2D eigenvalue weighted by molar-refractivity contribution is 0.0786. The SMILES string of the molecule is CC(O)(c1ccc(Cl)cc1)c1cc2cc(F)ccc2o1. The van der Waals surface area contributed by atoms with E-state index in [9.17, 15) is 9.50 Å². The number of hydrogen-bond acceptors (Lipinski definition) is 2. The van der Waals surface area contributed by atoms with Crippen molar-refractivity contribution in [3.63, 3.8) is 0 Å². The van der Waals surface area contributed by atoms with Crippen LogP contribution in [-0.4, -0.2) is 5.11 Å². The van der Waals surface area contributed by atoms with Crippen LogP contribution in [0.1, 0.15) is 18.2 Å². The van der Waals surface area contributed by atoms with Crippen LogP contribution in [0, 0.1) is 5.82 Å². The summed E-state index contributed by atoms with van der Waals surface area (Å²) in [7, 11) is 0. The molecule has 102 valence electrons. The summed E-state index contributed by atoms with van der Waals surface area (Å²) in [5, 5.41) is 11.9. The lowest BCUT2D eigenvalue weighted by Gasteiger charge is -2.21. The highest BCUT2D eigenvalue weighted by Crippen LogP contribution is 2.33. The highest BCUT2D eigenvalue weighted by molar-refractivity contribution is 6.30. The van der Waals surface area contributed by atoms with Crippen LogP contribution in [0.4, 0.5) is 4.39 Å². The number of aliphatic hydroxyl groups is 1. The standard InChI is InChI=1S/C16H12ClFO2/c1-16(19,11-2-4-12(17)5-3-11)15-9-10-8-13(18)6-7-14(10)20-15/h2-9,19H,1H3. The molecule has 0 amide bonds.